The van der Waals surface area contributed by atoms with Gasteiger partial charge < -0.3 is 5.32 Å². The highest BCUT2D eigenvalue weighted by atomic mass is 16.1. The molecule has 0 unspecified atom stereocenters. The molecule has 0 fully saturated rings. The predicted molar refractivity (Wildman–Crippen MR) is 99.9 cm³/mol. The van der Waals surface area contributed by atoms with Crippen LogP contribution in [0.5, 0.6) is 0 Å². The molecule has 1 aliphatic heterocycles. The van der Waals surface area contributed by atoms with Crippen molar-refractivity contribution in [1.82, 2.24) is 20.3 Å². The lowest BCUT2D eigenvalue weighted by molar-refractivity contribution is 0.0975. The number of hydrazone groups is 1. The number of hydrogen-bond acceptors (Lipinski definition) is 5. The fourth-order valence-corrected chi connectivity index (χ4v) is 2.97. The average Bonchev–Trinajstić information content (AvgIpc) is 2.96. The standard InChI is InChI=1S/C19H29N5O/c1-5-7-9-17(14(3)8-6-2)24-12-15(4)18(23-24)22-19(25)16-10-20-13-21-11-16/h9-11,13-15H,5-8,12H2,1-4H3,(H,22,23,25)/b17-9+/t14-,15+/m1/s1. The van der Waals surface area contributed by atoms with Crippen LogP contribution >= 0.6 is 0 Å². The Morgan fingerprint density at radius 2 is 2.08 bits per heavy atom. The molecule has 25 heavy (non-hydrogen) atoms. The van der Waals surface area contributed by atoms with Crippen molar-refractivity contribution in [2.45, 2.75) is 53.4 Å². The number of amides is 1. The lowest BCUT2D eigenvalue weighted by Gasteiger charge is -2.24. The molecule has 2 heterocycles. The third-order valence-electron chi connectivity index (χ3n) is 4.37. The molecule has 1 N–H and O–H groups in total. The van der Waals surface area contributed by atoms with E-state index in [1.165, 1.54) is 24.4 Å². The smallest absolute Gasteiger partial charge is 0.259 e. The lowest BCUT2D eigenvalue weighted by Crippen LogP contribution is -2.33. The van der Waals surface area contributed by atoms with E-state index in [-0.39, 0.29) is 11.8 Å². The molecule has 136 valence electrons. The molecule has 1 aliphatic rings. The van der Waals surface area contributed by atoms with Gasteiger partial charge in [-0.15, -0.1) is 0 Å². The number of aromatic nitrogens is 2. The maximum absolute atomic E-state index is 12.3. The topological polar surface area (TPSA) is 70.5 Å². The summed E-state index contributed by atoms with van der Waals surface area (Å²) < 4.78 is 0. The summed E-state index contributed by atoms with van der Waals surface area (Å²) in [5.74, 6) is 1.13. The fraction of sp³-hybridized carbons (Fsp3) is 0.579. The van der Waals surface area contributed by atoms with Crippen molar-refractivity contribution in [3.8, 4) is 0 Å². The summed E-state index contributed by atoms with van der Waals surface area (Å²) in [6.45, 7) is 9.52. The summed E-state index contributed by atoms with van der Waals surface area (Å²) in [6, 6.07) is 0. The van der Waals surface area contributed by atoms with Gasteiger partial charge in [0.2, 0.25) is 0 Å². The molecule has 0 bridgehead atoms. The highest BCUT2D eigenvalue weighted by Crippen LogP contribution is 2.26. The van der Waals surface area contributed by atoms with E-state index in [0.29, 0.717) is 17.3 Å². The van der Waals surface area contributed by atoms with Gasteiger partial charge in [-0.2, -0.15) is 5.10 Å². The summed E-state index contributed by atoms with van der Waals surface area (Å²) in [5, 5.41) is 9.69. The Labute approximate surface area is 150 Å². The van der Waals surface area contributed by atoms with Crippen LogP contribution in [-0.2, 0) is 0 Å². The summed E-state index contributed by atoms with van der Waals surface area (Å²) in [6.07, 6.45) is 11.2. The molecule has 6 heteroatoms. The SMILES string of the molecule is CCC/C=C(\[C@H](C)CCC)N1C[C@H](C)C(NC(=O)c2cncnc2)=N1. The van der Waals surface area contributed by atoms with Gasteiger partial charge in [0, 0.05) is 24.0 Å². The molecule has 1 amide bonds. The molecular weight excluding hydrogens is 314 g/mol. The number of nitrogens with zero attached hydrogens (tertiary/aromatic N) is 4. The second kappa shape index (κ2) is 9.30. The van der Waals surface area contributed by atoms with Crippen molar-refractivity contribution in [2.24, 2.45) is 16.9 Å². The van der Waals surface area contributed by atoms with Crippen LogP contribution < -0.4 is 5.32 Å². The molecule has 0 saturated carbocycles. The van der Waals surface area contributed by atoms with Crippen molar-refractivity contribution in [1.29, 1.82) is 0 Å². The van der Waals surface area contributed by atoms with E-state index >= 15 is 0 Å². The maximum Gasteiger partial charge on any atom is 0.259 e. The number of hydrogen-bond donors (Lipinski definition) is 1. The first-order valence-corrected chi connectivity index (χ1v) is 9.19. The average molecular weight is 343 g/mol. The van der Waals surface area contributed by atoms with Crippen LogP contribution in [0.2, 0.25) is 0 Å². The molecule has 0 spiro atoms. The number of amidine groups is 1. The van der Waals surface area contributed by atoms with Crippen LogP contribution in [0.25, 0.3) is 0 Å². The van der Waals surface area contributed by atoms with Crippen LogP contribution in [-0.4, -0.2) is 33.3 Å². The minimum absolute atomic E-state index is 0.174. The highest BCUT2D eigenvalue weighted by molar-refractivity contribution is 6.07. The monoisotopic (exact) mass is 343 g/mol. The Morgan fingerprint density at radius 3 is 2.72 bits per heavy atom. The number of carbonyl (C=O) groups excluding carboxylic acids is 1. The van der Waals surface area contributed by atoms with E-state index in [4.69, 9.17) is 5.10 Å². The van der Waals surface area contributed by atoms with E-state index in [1.807, 2.05) is 0 Å². The maximum atomic E-state index is 12.3. The molecule has 1 aromatic heterocycles. The third kappa shape index (κ3) is 5.11. The van der Waals surface area contributed by atoms with Crippen molar-refractivity contribution < 1.29 is 4.79 Å². The number of allylic oxidation sites excluding steroid dienone is 2. The zero-order valence-electron chi connectivity index (χ0n) is 15.7. The number of nitrogens with one attached hydrogen (secondary N) is 1. The molecule has 0 radical (unpaired) electrons. The Balaban J connectivity index is 2.13. The predicted octanol–water partition coefficient (Wildman–Crippen LogP) is 3.59. The zero-order valence-corrected chi connectivity index (χ0v) is 15.7. The van der Waals surface area contributed by atoms with E-state index in [9.17, 15) is 4.79 Å². The van der Waals surface area contributed by atoms with Crippen molar-refractivity contribution in [3.05, 3.63) is 36.1 Å². The Hall–Kier alpha value is -2.24. The molecule has 0 saturated heterocycles. The van der Waals surface area contributed by atoms with Crippen LogP contribution in [0.1, 0.15) is 63.7 Å². The van der Waals surface area contributed by atoms with Crippen molar-refractivity contribution in [2.75, 3.05) is 6.54 Å². The quantitative estimate of drug-likeness (QED) is 0.821. The summed E-state index contributed by atoms with van der Waals surface area (Å²) >= 11 is 0. The van der Waals surface area contributed by atoms with Gasteiger partial charge in [0.15, 0.2) is 0 Å². The van der Waals surface area contributed by atoms with Gasteiger partial charge in [-0.25, -0.2) is 9.97 Å². The van der Waals surface area contributed by atoms with Crippen LogP contribution in [0, 0.1) is 11.8 Å². The zero-order chi connectivity index (χ0) is 18.2. The van der Waals surface area contributed by atoms with Gasteiger partial charge in [0.05, 0.1) is 12.1 Å². The first kappa shape index (κ1) is 19.1. The first-order valence-electron chi connectivity index (χ1n) is 9.19. The summed E-state index contributed by atoms with van der Waals surface area (Å²) in [7, 11) is 0. The second-order valence-electron chi connectivity index (χ2n) is 6.66. The number of unbranched alkanes of at least 4 members (excludes halogenated alkanes) is 1. The first-order chi connectivity index (χ1) is 12.1. The molecule has 0 aromatic carbocycles. The minimum Gasteiger partial charge on any atom is -0.308 e. The van der Waals surface area contributed by atoms with Gasteiger partial charge in [-0.05, 0) is 18.8 Å². The number of carbonyl (C=O) groups is 1. The van der Waals surface area contributed by atoms with E-state index in [1.54, 1.807) is 0 Å². The highest BCUT2D eigenvalue weighted by Gasteiger charge is 2.28. The van der Waals surface area contributed by atoms with Gasteiger partial charge >= 0.3 is 0 Å². The molecule has 0 aliphatic carbocycles. The fourth-order valence-electron chi connectivity index (χ4n) is 2.97. The minimum atomic E-state index is -0.214. The largest absolute Gasteiger partial charge is 0.308 e. The lowest BCUT2D eigenvalue weighted by atomic mass is 10.00. The van der Waals surface area contributed by atoms with Gasteiger partial charge in [0.25, 0.3) is 5.91 Å². The summed E-state index contributed by atoms with van der Waals surface area (Å²) in [5.41, 5.74) is 1.71. The van der Waals surface area contributed by atoms with Crippen LogP contribution in [0.15, 0.2) is 35.6 Å². The Bertz CT molecular complexity index is 626. The van der Waals surface area contributed by atoms with E-state index < -0.39 is 0 Å². The Kier molecular flexibility index (Phi) is 7.10. The van der Waals surface area contributed by atoms with Crippen molar-refractivity contribution >= 4 is 11.7 Å². The molecule has 6 nitrogen and oxygen atoms in total. The van der Waals surface area contributed by atoms with E-state index in [2.05, 4.69) is 54.1 Å². The van der Waals surface area contributed by atoms with Crippen molar-refractivity contribution in [3.63, 3.8) is 0 Å². The van der Waals surface area contributed by atoms with Gasteiger partial charge in [-0.3, -0.25) is 9.80 Å². The Morgan fingerprint density at radius 1 is 1.36 bits per heavy atom. The van der Waals surface area contributed by atoms with E-state index in [0.717, 1.165) is 32.2 Å². The third-order valence-corrected chi connectivity index (χ3v) is 4.37. The molecular formula is C19H29N5O. The summed E-state index contributed by atoms with van der Waals surface area (Å²) in [4.78, 5) is 20.1. The van der Waals surface area contributed by atoms with Gasteiger partial charge in [0.1, 0.15) is 12.2 Å². The van der Waals surface area contributed by atoms with Gasteiger partial charge in [-0.1, -0.05) is 46.6 Å². The second-order valence-corrected chi connectivity index (χ2v) is 6.66. The normalized spacial score (nSPS) is 18.9. The molecule has 2 rings (SSSR count). The number of rotatable bonds is 7. The van der Waals surface area contributed by atoms with Crippen LogP contribution in [0.4, 0.5) is 0 Å². The molecule has 1 aromatic rings. The van der Waals surface area contributed by atoms with Crippen LogP contribution in [0.3, 0.4) is 0 Å². The molecule has 2 atom stereocenters.